The predicted octanol–water partition coefficient (Wildman–Crippen LogP) is 23.5. The minimum atomic E-state index is -4.96. The summed E-state index contributed by atoms with van der Waals surface area (Å²) in [6.45, 7) is 9.66. The van der Waals surface area contributed by atoms with Gasteiger partial charge in [0.25, 0.3) is 0 Å². The average molecular weight is 1440 g/mol. The van der Waals surface area contributed by atoms with Crippen LogP contribution >= 0.6 is 15.6 Å². The van der Waals surface area contributed by atoms with E-state index in [0.717, 1.165) is 102 Å². The topological polar surface area (TPSA) is 237 Å². The third kappa shape index (κ3) is 72.4. The summed E-state index contributed by atoms with van der Waals surface area (Å²) in [5.74, 6) is -0.528. The lowest BCUT2D eigenvalue weighted by Gasteiger charge is -2.21. The number of hydrogen-bond acceptors (Lipinski definition) is 15. The molecule has 0 aliphatic rings. The lowest BCUT2D eigenvalue weighted by atomic mass is 10.0. The van der Waals surface area contributed by atoms with E-state index < -0.39 is 97.5 Å². The van der Waals surface area contributed by atoms with Gasteiger partial charge in [-0.2, -0.15) is 0 Å². The number of unbranched alkanes of at least 4 members (excludes halogenated alkanes) is 48. The quantitative estimate of drug-likeness (QED) is 0.0222. The van der Waals surface area contributed by atoms with Gasteiger partial charge >= 0.3 is 39.5 Å². The Labute approximate surface area is 600 Å². The maximum Gasteiger partial charge on any atom is 0.472 e. The van der Waals surface area contributed by atoms with Crippen LogP contribution in [0.5, 0.6) is 0 Å². The standard InChI is InChI=1S/C79H154O17P2/c1-7-9-11-13-15-17-19-25-32-39-45-51-57-63-78(83)95-74(67-89-76(81)61-55-49-43-37-31-20-18-16-14-12-10-8-2)69-93-97(85,86)91-65-73(80)66-92-98(87,88)94-70-75(68-90-77(82)62-56-50-44-38-34-28-30-36-42-48-54-60-72(5)6)96-79(84)64-58-52-46-40-33-27-24-22-21-23-26-29-35-41-47-53-59-71(3)4/h71-75,80H,7-70H2,1-6H3,(H,85,86)(H,87,88)/t73-,74+,75+/m0/s1. The van der Waals surface area contributed by atoms with E-state index in [-0.39, 0.29) is 25.7 Å². The highest BCUT2D eigenvalue weighted by Gasteiger charge is 2.30. The summed E-state index contributed by atoms with van der Waals surface area (Å²) in [5.41, 5.74) is 0. The Kier molecular flexibility index (Phi) is 69.3. The van der Waals surface area contributed by atoms with Crippen molar-refractivity contribution in [3.05, 3.63) is 0 Å². The van der Waals surface area contributed by atoms with Gasteiger partial charge in [0, 0.05) is 25.7 Å². The highest BCUT2D eigenvalue weighted by molar-refractivity contribution is 7.47. The van der Waals surface area contributed by atoms with Crippen LogP contribution in [0.2, 0.25) is 0 Å². The van der Waals surface area contributed by atoms with Gasteiger partial charge < -0.3 is 33.8 Å². The van der Waals surface area contributed by atoms with Crippen molar-refractivity contribution >= 4 is 39.5 Å². The van der Waals surface area contributed by atoms with Crippen LogP contribution in [0.25, 0.3) is 0 Å². The average Bonchev–Trinajstić information content (AvgIpc) is 1.22. The van der Waals surface area contributed by atoms with Gasteiger partial charge in [-0.25, -0.2) is 9.13 Å². The van der Waals surface area contributed by atoms with Gasteiger partial charge in [-0.1, -0.05) is 363 Å². The van der Waals surface area contributed by atoms with Crippen molar-refractivity contribution in [3.8, 4) is 0 Å². The molecule has 3 N–H and O–H groups in total. The molecule has 0 aromatic carbocycles. The molecule has 5 atom stereocenters. The van der Waals surface area contributed by atoms with E-state index in [0.29, 0.717) is 25.7 Å². The molecule has 0 heterocycles. The third-order valence-corrected chi connectivity index (χ3v) is 20.4. The van der Waals surface area contributed by atoms with E-state index in [4.69, 9.17) is 37.0 Å². The minimum Gasteiger partial charge on any atom is -0.462 e. The zero-order valence-corrected chi connectivity index (χ0v) is 65.9. The number of esters is 4. The molecule has 0 saturated carbocycles. The van der Waals surface area contributed by atoms with Crippen molar-refractivity contribution in [2.24, 2.45) is 11.8 Å². The SMILES string of the molecule is CCCCCCCCCCCCCCCC(=O)O[C@H](COC(=O)CCCCCCCCCCCCCC)COP(=O)(O)OC[C@H](O)COP(=O)(O)OC[C@@H](COC(=O)CCCCCCCCCCCCCC(C)C)OC(=O)CCCCCCCCCCCCCCCCCCC(C)C. The highest BCUT2D eigenvalue weighted by Crippen LogP contribution is 2.45. The van der Waals surface area contributed by atoms with Gasteiger partial charge in [0.2, 0.25) is 0 Å². The maximum absolute atomic E-state index is 13.1. The fourth-order valence-corrected chi connectivity index (χ4v) is 13.8. The molecule has 19 heteroatoms. The van der Waals surface area contributed by atoms with Crippen molar-refractivity contribution < 1.29 is 80.2 Å². The van der Waals surface area contributed by atoms with Crippen LogP contribution < -0.4 is 0 Å². The van der Waals surface area contributed by atoms with Crippen LogP contribution in [0.1, 0.15) is 414 Å². The summed E-state index contributed by atoms with van der Waals surface area (Å²) in [7, 11) is -9.92. The number of rotatable bonds is 78. The fraction of sp³-hybridized carbons (Fsp3) is 0.949. The van der Waals surface area contributed by atoms with E-state index in [1.165, 1.54) is 231 Å². The van der Waals surface area contributed by atoms with Crippen LogP contribution in [0.3, 0.4) is 0 Å². The predicted molar refractivity (Wildman–Crippen MR) is 400 cm³/mol. The van der Waals surface area contributed by atoms with Gasteiger partial charge in [0.15, 0.2) is 12.2 Å². The summed E-state index contributed by atoms with van der Waals surface area (Å²) < 4.78 is 68.7. The Morgan fingerprint density at radius 1 is 0.276 bits per heavy atom. The first kappa shape index (κ1) is 96.1. The molecule has 0 aromatic heterocycles. The lowest BCUT2D eigenvalue weighted by Crippen LogP contribution is -2.30. The summed E-state index contributed by atoms with van der Waals surface area (Å²) >= 11 is 0. The summed E-state index contributed by atoms with van der Waals surface area (Å²) in [5, 5.41) is 10.6. The zero-order valence-electron chi connectivity index (χ0n) is 64.1. The van der Waals surface area contributed by atoms with Crippen molar-refractivity contribution in [1.82, 2.24) is 0 Å². The second kappa shape index (κ2) is 70.7. The second-order valence-corrected chi connectivity index (χ2v) is 32.3. The van der Waals surface area contributed by atoms with E-state index in [2.05, 4.69) is 41.5 Å². The second-order valence-electron chi connectivity index (χ2n) is 29.4. The Balaban J connectivity index is 5.25. The number of phosphoric acid groups is 2. The van der Waals surface area contributed by atoms with Crippen molar-refractivity contribution in [2.75, 3.05) is 39.6 Å². The normalized spacial score (nSPS) is 13.9. The lowest BCUT2D eigenvalue weighted by molar-refractivity contribution is -0.161. The molecule has 98 heavy (non-hydrogen) atoms. The molecule has 0 amide bonds. The van der Waals surface area contributed by atoms with Crippen LogP contribution in [0.15, 0.2) is 0 Å². The third-order valence-electron chi connectivity index (χ3n) is 18.5. The van der Waals surface area contributed by atoms with Crippen molar-refractivity contribution in [1.29, 1.82) is 0 Å². The Morgan fingerprint density at radius 3 is 0.694 bits per heavy atom. The largest absolute Gasteiger partial charge is 0.472 e. The molecular formula is C79H154O17P2. The molecule has 582 valence electrons. The van der Waals surface area contributed by atoms with Crippen LogP contribution in [-0.2, 0) is 65.4 Å². The van der Waals surface area contributed by atoms with E-state index in [1.807, 2.05) is 0 Å². The van der Waals surface area contributed by atoms with Crippen LogP contribution in [0.4, 0.5) is 0 Å². The number of carbonyl (C=O) groups excluding carboxylic acids is 4. The van der Waals surface area contributed by atoms with E-state index >= 15 is 0 Å². The van der Waals surface area contributed by atoms with Gasteiger partial charge in [0.1, 0.15) is 19.3 Å². The molecule has 0 rings (SSSR count). The van der Waals surface area contributed by atoms with E-state index in [9.17, 15) is 43.2 Å². The highest BCUT2D eigenvalue weighted by atomic mass is 31.2. The first-order valence-electron chi connectivity index (χ1n) is 41.0. The number of aliphatic hydroxyl groups excluding tert-OH is 1. The smallest absolute Gasteiger partial charge is 0.462 e. The molecule has 2 unspecified atom stereocenters. The summed E-state index contributed by atoms with van der Waals surface area (Å²) in [4.78, 5) is 73.0. The Bertz CT molecular complexity index is 1890. The maximum atomic E-state index is 13.1. The Hall–Kier alpha value is -1.94. The Morgan fingerprint density at radius 2 is 0.469 bits per heavy atom. The molecule has 0 aliphatic heterocycles. The number of hydrogen-bond donors (Lipinski definition) is 3. The molecule has 17 nitrogen and oxygen atoms in total. The van der Waals surface area contributed by atoms with Crippen molar-refractivity contribution in [3.63, 3.8) is 0 Å². The molecule has 0 fully saturated rings. The summed E-state index contributed by atoms with van der Waals surface area (Å²) in [6, 6.07) is 0. The zero-order chi connectivity index (χ0) is 72.1. The fourth-order valence-electron chi connectivity index (χ4n) is 12.2. The number of aliphatic hydroxyl groups is 1. The molecule has 0 saturated heterocycles. The monoisotopic (exact) mass is 1440 g/mol. The molecule has 0 aliphatic carbocycles. The number of carbonyl (C=O) groups is 4. The minimum absolute atomic E-state index is 0.108. The van der Waals surface area contributed by atoms with Gasteiger partial charge in [-0.05, 0) is 37.5 Å². The van der Waals surface area contributed by atoms with Crippen LogP contribution in [0, 0.1) is 11.8 Å². The van der Waals surface area contributed by atoms with Gasteiger partial charge in [-0.3, -0.25) is 37.3 Å². The molecule has 0 spiro atoms. The molecular weight excluding hydrogens is 1280 g/mol. The molecule has 0 bridgehead atoms. The van der Waals surface area contributed by atoms with Crippen LogP contribution in [-0.4, -0.2) is 96.7 Å². The molecule has 0 radical (unpaired) electrons. The first-order valence-corrected chi connectivity index (χ1v) is 44.0. The van der Waals surface area contributed by atoms with E-state index in [1.54, 1.807) is 0 Å². The van der Waals surface area contributed by atoms with Crippen molar-refractivity contribution in [2.45, 2.75) is 432 Å². The first-order chi connectivity index (χ1) is 47.4. The number of ether oxygens (including phenoxy) is 4. The molecule has 0 aromatic rings. The summed E-state index contributed by atoms with van der Waals surface area (Å²) in [6.07, 6.45) is 59.5. The van der Waals surface area contributed by atoms with Gasteiger partial charge in [-0.15, -0.1) is 0 Å². The van der Waals surface area contributed by atoms with Gasteiger partial charge in [0.05, 0.1) is 26.4 Å². The number of phosphoric ester groups is 2.